The van der Waals surface area contributed by atoms with Crippen LogP contribution >= 0.6 is 11.3 Å². The van der Waals surface area contributed by atoms with Gasteiger partial charge in [-0.25, -0.2) is 0 Å². The Morgan fingerprint density at radius 3 is 2.38 bits per heavy atom. The van der Waals surface area contributed by atoms with Crippen LogP contribution in [-0.2, 0) is 16.1 Å². The third-order valence-electron chi connectivity index (χ3n) is 4.78. The average molecular weight is 458 g/mol. The second-order valence-corrected chi connectivity index (χ2v) is 7.70. The van der Waals surface area contributed by atoms with Crippen molar-refractivity contribution in [3.63, 3.8) is 0 Å². The first-order valence-electron chi connectivity index (χ1n) is 9.94. The molecule has 0 radical (unpaired) electrons. The molecule has 2 aromatic carbocycles. The summed E-state index contributed by atoms with van der Waals surface area (Å²) in [4.78, 5) is 30.1. The van der Waals surface area contributed by atoms with E-state index in [9.17, 15) is 9.59 Å². The number of benzene rings is 2. The van der Waals surface area contributed by atoms with Crippen molar-refractivity contribution in [2.75, 3.05) is 34.0 Å². The quantitative estimate of drug-likeness (QED) is 0.524. The van der Waals surface area contributed by atoms with E-state index in [1.54, 1.807) is 35.8 Å². The van der Waals surface area contributed by atoms with E-state index >= 15 is 0 Å². The number of esters is 1. The number of hydrogen-bond acceptors (Lipinski definition) is 8. The molecule has 0 atom stereocenters. The SMILES string of the molecule is CCOC(=O)Cn1c(=NC(=O)c2c(OC)cccc2OC)sc2cc3c(cc21)OCCO3. The van der Waals surface area contributed by atoms with Crippen LogP contribution in [0.15, 0.2) is 35.3 Å². The molecule has 9 nitrogen and oxygen atoms in total. The largest absolute Gasteiger partial charge is 0.496 e. The van der Waals surface area contributed by atoms with E-state index < -0.39 is 11.9 Å². The van der Waals surface area contributed by atoms with Gasteiger partial charge in [0.15, 0.2) is 16.3 Å². The minimum Gasteiger partial charge on any atom is -0.496 e. The molecule has 1 aromatic heterocycles. The van der Waals surface area contributed by atoms with Gasteiger partial charge in [-0.3, -0.25) is 9.59 Å². The molecule has 0 saturated heterocycles. The Bertz CT molecular complexity index is 1220. The molecular formula is C22H22N2O7S. The molecular weight excluding hydrogens is 436 g/mol. The number of methoxy groups -OCH3 is 2. The first-order valence-corrected chi connectivity index (χ1v) is 10.8. The molecule has 0 N–H and O–H groups in total. The summed E-state index contributed by atoms with van der Waals surface area (Å²) in [5.41, 5.74) is 0.884. The zero-order valence-corrected chi connectivity index (χ0v) is 18.7. The molecule has 4 rings (SSSR count). The molecule has 32 heavy (non-hydrogen) atoms. The summed E-state index contributed by atoms with van der Waals surface area (Å²) in [6.45, 7) is 2.76. The van der Waals surface area contributed by atoms with Crippen molar-refractivity contribution in [1.82, 2.24) is 4.57 Å². The summed E-state index contributed by atoms with van der Waals surface area (Å²) in [5.74, 6) is 0.870. The number of carbonyl (C=O) groups excluding carboxylic acids is 2. The van der Waals surface area contributed by atoms with Crippen LogP contribution in [0.4, 0.5) is 0 Å². The zero-order valence-electron chi connectivity index (χ0n) is 17.9. The van der Waals surface area contributed by atoms with Crippen LogP contribution in [0.5, 0.6) is 23.0 Å². The summed E-state index contributed by atoms with van der Waals surface area (Å²) >= 11 is 1.26. The van der Waals surface area contributed by atoms with Crippen LogP contribution in [0.2, 0.25) is 0 Å². The molecule has 2 heterocycles. The summed E-state index contributed by atoms with van der Waals surface area (Å²) in [6, 6.07) is 8.65. The van der Waals surface area contributed by atoms with Crippen molar-refractivity contribution in [2.24, 2.45) is 4.99 Å². The molecule has 1 aliphatic rings. The predicted molar refractivity (Wildman–Crippen MR) is 117 cm³/mol. The Morgan fingerprint density at radius 2 is 1.75 bits per heavy atom. The summed E-state index contributed by atoms with van der Waals surface area (Å²) in [6.07, 6.45) is 0. The number of nitrogens with zero attached hydrogens (tertiary/aromatic N) is 2. The number of rotatable bonds is 6. The van der Waals surface area contributed by atoms with Gasteiger partial charge < -0.3 is 28.3 Å². The van der Waals surface area contributed by atoms with Gasteiger partial charge in [0, 0.05) is 12.1 Å². The molecule has 10 heteroatoms. The van der Waals surface area contributed by atoms with Crippen LogP contribution in [0.1, 0.15) is 17.3 Å². The Hall–Kier alpha value is -3.53. The summed E-state index contributed by atoms with van der Waals surface area (Å²) < 4.78 is 29.5. The highest BCUT2D eigenvalue weighted by Crippen LogP contribution is 2.36. The number of aromatic nitrogens is 1. The van der Waals surface area contributed by atoms with Gasteiger partial charge in [-0.2, -0.15) is 4.99 Å². The van der Waals surface area contributed by atoms with Crippen molar-refractivity contribution in [3.8, 4) is 23.0 Å². The molecule has 0 bridgehead atoms. The lowest BCUT2D eigenvalue weighted by atomic mass is 10.1. The van der Waals surface area contributed by atoms with Gasteiger partial charge in [-0.05, 0) is 19.1 Å². The van der Waals surface area contributed by atoms with Crippen LogP contribution in [0, 0.1) is 0 Å². The minimum atomic E-state index is -0.555. The Labute approximate surface area is 187 Å². The Morgan fingerprint density at radius 1 is 1.09 bits per heavy atom. The third kappa shape index (κ3) is 4.13. The number of amides is 1. The molecule has 0 unspecified atom stereocenters. The second-order valence-electron chi connectivity index (χ2n) is 6.69. The standard InChI is InChI=1S/C22H22N2O7S/c1-4-29-19(25)12-24-13-10-16-17(31-9-8-30-16)11-18(13)32-22(24)23-21(26)20-14(27-2)6-5-7-15(20)28-3/h5-7,10-11H,4,8-9,12H2,1-3H3. The predicted octanol–water partition coefficient (Wildman–Crippen LogP) is 2.80. The number of fused-ring (bicyclic) bond motifs is 2. The van der Waals surface area contributed by atoms with Crippen molar-refractivity contribution in [3.05, 3.63) is 40.7 Å². The van der Waals surface area contributed by atoms with Gasteiger partial charge >= 0.3 is 5.97 Å². The normalized spacial score (nSPS) is 13.2. The number of hydrogen-bond donors (Lipinski definition) is 0. The van der Waals surface area contributed by atoms with E-state index in [1.807, 2.05) is 6.07 Å². The maximum atomic E-state index is 13.2. The summed E-state index contributed by atoms with van der Waals surface area (Å²) in [7, 11) is 2.94. The van der Waals surface area contributed by atoms with Gasteiger partial charge in [0.1, 0.15) is 36.8 Å². The van der Waals surface area contributed by atoms with Gasteiger partial charge in [-0.15, -0.1) is 0 Å². The van der Waals surface area contributed by atoms with Crippen molar-refractivity contribution < 1.29 is 33.3 Å². The van der Waals surface area contributed by atoms with Gasteiger partial charge in [0.25, 0.3) is 5.91 Å². The molecule has 168 valence electrons. The molecule has 0 aliphatic carbocycles. The fourth-order valence-corrected chi connectivity index (χ4v) is 4.42. The van der Waals surface area contributed by atoms with E-state index in [2.05, 4.69) is 4.99 Å². The number of thiazole rings is 1. The molecule has 1 amide bonds. The van der Waals surface area contributed by atoms with E-state index in [0.29, 0.717) is 46.5 Å². The maximum absolute atomic E-state index is 13.2. The average Bonchev–Trinajstić information content (AvgIpc) is 3.12. The lowest BCUT2D eigenvalue weighted by Gasteiger charge is -2.18. The van der Waals surface area contributed by atoms with E-state index in [-0.39, 0.29) is 18.7 Å². The summed E-state index contributed by atoms with van der Waals surface area (Å²) in [5, 5.41) is 0. The molecule has 1 aliphatic heterocycles. The minimum absolute atomic E-state index is 0.108. The third-order valence-corrected chi connectivity index (χ3v) is 5.82. The van der Waals surface area contributed by atoms with Crippen LogP contribution in [0.25, 0.3) is 10.2 Å². The lowest BCUT2D eigenvalue weighted by molar-refractivity contribution is -0.143. The van der Waals surface area contributed by atoms with Crippen LogP contribution < -0.4 is 23.7 Å². The topological polar surface area (TPSA) is 97.6 Å². The first kappa shape index (κ1) is 21.7. The Kier molecular flexibility index (Phi) is 6.31. The van der Waals surface area contributed by atoms with Crippen molar-refractivity contribution >= 4 is 33.4 Å². The van der Waals surface area contributed by atoms with E-state index in [4.69, 9.17) is 23.7 Å². The second kappa shape index (κ2) is 9.31. The van der Waals surface area contributed by atoms with Crippen LogP contribution in [0.3, 0.4) is 0 Å². The zero-order chi connectivity index (χ0) is 22.7. The van der Waals surface area contributed by atoms with Crippen molar-refractivity contribution in [1.29, 1.82) is 0 Å². The Balaban J connectivity index is 1.88. The highest BCUT2D eigenvalue weighted by molar-refractivity contribution is 7.16. The van der Waals surface area contributed by atoms with Crippen LogP contribution in [-0.4, -0.2) is 50.5 Å². The molecule has 0 fully saturated rings. The highest BCUT2D eigenvalue weighted by atomic mass is 32.1. The van der Waals surface area contributed by atoms with Gasteiger partial charge in [0.2, 0.25) is 0 Å². The molecule has 0 saturated carbocycles. The lowest BCUT2D eigenvalue weighted by Crippen LogP contribution is -2.23. The van der Waals surface area contributed by atoms with E-state index in [1.165, 1.54) is 25.6 Å². The fraction of sp³-hybridized carbons (Fsp3) is 0.318. The number of ether oxygens (including phenoxy) is 5. The molecule has 3 aromatic rings. The smallest absolute Gasteiger partial charge is 0.326 e. The monoisotopic (exact) mass is 458 g/mol. The van der Waals surface area contributed by atoms with Gasteiger partial charge in [-0.1, -0.05) is 17.4 Å². The van der Waals surface area contributed by atoms with Crippen molar-refractivity contribution in [2.45, 2.75) is 13.5 Å². The number of carbonyl (C=O) groups is 2. The highest BCUT2D eigenvalue weighted by Gasteiger charge is 2.21. The molecule has 0 spiro atoms. The maximum Gasteiger partial charge on any atom is 0.326 e. The van der Waals surface area contributed by atoms with E-state index in [0.717, 1.165) is 4.70 Å². The fourth-order valence-electron chi connectivity index (χ4n) is 3.39. The first-order chi connectivity index (χ1) is 15.5. The van der Waals surface area contributed by atoms with Gasteiger partial charge in [0.05, 0.1) is 31.0 Å².